The summed E-state index contributed by atoms with van der Waals surface area (Å²) >= 11 is 0. The zero-order chi connectivity index (χ0) is 15.2. The SMILES string of the molecule is CN(Cc1ccccc1F)C(=O)c1cccc(CCN)c1. The van der Waals surface area contributed by atoms with E-state index in [-0.39, 0.29) is 18.3 Å². The Labute approximate surface area is 124 Å². The quantitative estimate of drug-likeness (QED) is 0.918. The number of carbonyl (C=O) groups excluding carboxylic acids is 1. The van der Waals surface area contributed by atoms with E-state index in [0.717, 1.165) is 12.0 Å². The van der Waals surface area contributed by atoms with Gasteiger partial charge in [0, 0.05) is 24.7 Å². The zero-order valence-corrected chi connectivity index (χ0v) is 12.1. The standard InChI is InChI=1S/C17H19FN2O/c1-20(12-15-6-2-3-8-16(15)18)17(21)14-7-4-5-13(11-14)9-10-19/h2-8,11H,9-10,12,19H2,1H3. The van der Waals surface area contributed by atoms with Crippen molar-refractivity contribution in [3.05, 3.63) is 71.0 Å². The Balaban J connectivity index is 2.12. The maximum absolute atomic E-state index is 13.6. The van der Waals surface area contributed by atoms with Crippen molar-refractivity contribution in [3.8, 4) is 0 Å². The van der Waals surface area contributed by atoms with Gasteiger partial charge >= 0.3 is 0 Å². The molecule has 0 saturated carbocycles. The normalized spacial score (nSPS) is 10.4. The van der Waals surface area contributed by atoms with Crippen LogP contribution in [0.4, 0.5) is 4.39 Å². The first-order valence-electron chi connectivity index (χ1n) is 6.89. The molecule has 4 heteroatoms. The van der Waals surface area contributed by atoms with Crippen molar-refractivity contribution in [2.24, 2.45) is 5.73 Å². The number of nitrogens with two attached hydrogens (primary N) is 1. The number of halogens is 1. The summed E-state index contributed by atoms with van der Waals surface area (Å²) < 4.78 is 13.6. The molecule has 0 spiro atoms. The fourth-order valence-corrected chi connectivity index (χ4v) is 2.20. The number of carbonyl (C=O) groups is 1. The van der Waals surface area contributed by atoms with Gasteiger partial charge in [-0.15, -0.1) is 0 Å². The van der Waals surface area contributed by atoms with Crippen LogP contribution in [-0.4, -0.2) is 24.4 Å². The molecule has 2 aromatic rings. The maximum Gasteiger partial charge on any atom is 0.253 e. The monoisotopic (exact) mass is 286 g/mol. The van der Waals surface area contributed by atoms with Gasteiger partial charge in [-0.05, 0) is 36.7 Å². The summed E-state index contributed by atoms with van der Waals surface area (Å²) in [6.45, 7) is 0.787. The Kier molecular flexibility index (Phi) is 5.06. The number of amides is 1. The highest BCUT2D eigenvalue weighted by Gasteiger charge is 2.13. The summed E-state index contributed by atoms with van der Waals surface area (Å²) in [6, 6.07) is 13.9. The van der Waals surface area contributed by atoms with E-state index in [9.17, 15) is 9.18 Å². The molecule has 0 aromatic heterocycles. The van der Waals surface area contributed by atoms with E-state index in [2.05, 4.69) is 0 Å². The van der Waals surface area contributed by atoms with Crippen LogP contribution in [-0.2, 0) is 13.0 Å². The third-order valence-electron chi connectivity index (χ3n) is 3.32. The summed E-state index contributed by atoms with van der Waals surface area (Å²) in [5.74, 6) is -0.425. The highest BCUT2D eigenvalue weighted by Crippen LogP contribution is 2.13. The van der Waals surface area contributed by atoms with Gasteiger partial charge in [0.05, 0.1) is 0 Å². The van der Waals surface area contributed by atoms with Crippen LogP contribution in [0, 0.1) is 5.82 Å². The van der Waals surface area contributed by atoms with Crippen molar-refractivity contribution in [1.82, 2.24) is 4.90 Å². The smallest absolute Gasteiger partial charge is 0.253 e. The minimum absolute atomic E-state index is 0.128. The van der Waals surface area contributed by atoms with Crippen LogP contribution in [0.5, 0.6) is 0 Å². The summed E-state index contributed by atoms with van der Waals surface area (Å²) in [5.41, 5.74) is 7.66. The van der Waals surface area contributed by atoms with Crippen molar-refractivity contribution in [2.45, 2.75) is 13.0 Å². The third-order valence-corrected chi connectivity index (χ3v) is 3.32. The van der Waals surface area contributed by atoms with Crippen molar-refractivity contribution in [2.75, 3.05) is 13.6 Å². The second-order valence-corrected chi connectivity index (χ2v) is 4.99. The van der Waals surface area contributed by atoms with Crippen molar-refractivity contribution in [1.29, 1.82) is 0 Å². The molecule has 110 valence electrons. The van der Waals surface area contributed by atoms with Gasteiger partial charge in [-0.3, -0.25) is 4.79 Å². The minimum Gasteiger partial charge on any atom is -0.337 e. The van der Waals surface area contributed by atoms with Crippen molar-refractivity contribution in [3.63, 3.8) is 0 Å². The molecule has 3 nitrogen and oxygen atoms in total. The number of hydrogen-bond acceptors (Lipinski definition) is 2. The van der Waals surface area contributed by atoms with E-state index in [0.29, 0.717) is 17.7 Å². The van der Waals surface area contributed by atoms with Crippen LogP contribution in [0.15, 0.2) is 48.5 Å². The molecule has 0 aliphatic heterocycles. The van der Waals surface area contributed by atoms with Gasteiger partial charge in [0.1, 0.15) is 5.82 Å². The lowest BCUT2D eigenvalue weighted by Gasteiger charge is -2.18. The van der Waals surface area contributed by atoms with E-state index in [1.165, 1.54) is 11.0 Å². The molecule has 0 heterocycles. The van der Waals surface area contributed by atoms with Gasteiger partial charge < -0.3 is 10.6 Å². The molecular weight excluding hydrogens is 267 g/mol. The van der Waals surface area contributed by atoms with Crippen LogP contribution in [0.2, 0.25) is 0 Å². The molecule has 21 heavy (non-hydrogen) atoms. The average Bonchev–Trinajstić information content (AvgIpc) is 2.49. The van der Waals surface area contributed by atoms with Crippen LogP contribution in [0.3, 0.4) is 0 Å². The predicted molar refractivity (Wildman–Crippen MR) is 81.4 cm³/mol. The van der Waals surface area contributed by atoms with E-state index >= 15 is 0 Å². The van der Waals surface area contributed by atoms with Crippen LogP contribution in [0.1, 0.15) is 21.5 Å². The Morgan fingerprint density at radius 1 is 1.19 bits per heavy atom. The van der Waals surface area contributed by atoms with Gasteiger partial charge in [-0.2, -0.15) is 0 Å². The van der Waals surface area contributed by atoms with E-state index < -0.39 is 0 Å². The van der Waals surface area contributed by atoms with Crippen molar-refractivity contribution < 1.29 is 9.18 Å². The largest absolute Gasteiger partial charge is 0.337 e. The molecule has 0 atom stereocenters. The lowest BCUT2D eigenvalue weighted by atomic mass is 10.1. The number of rotatable bonds is 5. The van der Waals surface area contributed by atoms with Gasteiger partial charge in [-0.1, -0.05) is 30.3 Å². The average molecular weight is 286 g/mol. The molecule has 0 aliphatic carbocycles. The Morgan fingerprint density at radius 3 is 2.67 bits per heavy atom. The second-order valence-electron chi connectivity index (χ2n) is 4.99. The first-order valence-corrected chi connectivity index (χ1v) is 6.89. The lowest BCUT2D eigenvalue weighted by molar-refractivity contribution is 0.0783. The lowest BCUT2D eigenvalue weighted by Crippen LogP contribution is -2.26. The number of hydrogen-bond donors (Lipinski definition) is 1. The van der Waals surface area contributed by atoms with Crippen LogP contribution >= 0.6 is 0 Å². The Bertz CT molecular complexity index is 628. The first-order chi connectivity index (χ1) is 10.1. The topological polar surface area (TPSA) is 46.3 Å². The van der Waals surface area contributed by atoms with E-state index in [1.807, 2.05) is 18.2 Å². The zero-order valence-electron chi connectivity index (χ0n) is 12.1. The highest BCUT2D eigenvalue weighted by atomic mass is 19.1. The fraction of sp³-hybridized carbons (Fsp3) is 0.235. The minimum atomic E-state index is -0.297. The molecule has 0 saturated heterocycles. The van der Waals surface area contributed by atoms with E-state index in [1.54, 1.807) is 31.3 Å². The molecule has 0 bridgehead atoms. The van der Waals surface area contributed by atoms with E-state index in [4.69, 9.17) is 5.73 Å². The van der Waals surface area contributed by atoms with Crippen LogP contribution in [0.25, 0.3) is 0 Å². The molecule has 0 fully saturated rings. The Hall–Kier alpha value is -2.20. The van der Waals surface area contributed by atoms with Gasteiger partial charge in [0.25, 0.3) is 5.91 Å². The van der Waals surface area contributed by atoms with Crippen LogP contribution < -0.4 is 5.73 Å². The molecule has 2 rings (SSSR count). The molecule has 0 unspecified atom stereocenters. The molecule has 2 aromatic carbocycles. The third kappa shape index (κ3) is 3.89. The number of nitrogens with zero attached hydrogens (tertiary/aromatic N) is 1. The predicted octanol–water partition coefficient (Wildman–Crippen LogP) is 2.60. The molecule has 1 amide bonds. The summed E-state index contributed by atoms with van der Waals surface area (Å²) in [7, 11) is 1.67. The number of benzene rings is 2. The maximum atomic E-state index is 13.6. The van der Waals surface area contributed by atoms with Gasteiger partial charge in [0.15, 0.2) is 0 Å². The summed E-state index contributed by atoms with van der Waals surface area (Å²) in [6.07, 6.45) is 0.734. The van der Waals surface area contributed by atoms with Crippen molar-refractivity contribution >= 4 is 5.91 Å². The molecule has 2 N–H and O–H groups in total. The fourth-order valence-electron chi connectivity index (χ4n) is 2.20. The molecule has 0 aliphatic rings. The second kappa shape index (κ2) is 6.99. The summed E-state index contributed by atoms with van der Waals surface area (Å²) in [5, 5.41) is 0. The molecule has 0 radical (unpaired) electrons. The molecular formula is C17H19FN2O. The highest BCUT2D eigenvalue weighted by molar-refractivity contribution is 5.94. The summed E-state index contributed by atoms with van der Waals surface area (Å²) in [4.78, 5) is 13.9. The Morgan fingerprint density at radius 2 is 1.95 bits per heavy atom. The van der Waals surface area contributed by atoms with Gasteiger partial charge in [-0.25, -0.2) is 4.39 Å². The van der Waals surface area contributed by atoms with Gasteiger partial charge in [0.2, 0.25) is 0 Å². The first kappa shape index (κ1) is 15.2.